The zero-order valence-corrected chi connectivity index (χ0v) is 57.7. The number of thioether (sulfide) groups is 2. The molecule has 4 fully saturated rings. The number of hydrogen-bond acceptors (Lipinski definition) is 13. The van der Waals surface area contributed by atoms with Gasteiger partial charge >= 0.3 is 5.97 Å². The number of amidine groups is 2. The third-order valence-electron chi connectivity index (χ3n) is 18.8. The second kappa shape index (κ2) is 27.2. The van der Waals surface area contributed by atoms with Gasteiger partial charge in [0.1, 0.15) is 33.0 Å². The Balaban J connectivity index is 0.000000176. The van der Waals surface area contributed by atoms with Crippen molar-refractivity contribution in [3.8, 4) is 0 Å². The van der Waals surface area contributed by atoms with Gasteiger partial charge in [-0.25, -0.2) is 14.8 Å². The molecule has 0 aliphatic carbocycles. The molecule has 0 saturated carbocycles. The minimum atomic E-state index is -0.959. The smallest absolute Gasteiger partial charge is 0.326 e. The Hall–Kier alpha value is -5.08. The fourth-order valence-electron chi connectivity index (χ4n) is 14.3. The Morgan fingerprint density at radius 1 is 0.551 bits per heavy atom. The topological polar surface area (TPSA) is 148 Å². The fraction of sp³-hybridized carbons (Fsp3) is 0.500. The number of carbonyl (C=O) groups excluding carboxylic acids is 3. The van der Waals surface area contributed by atoms with Crippen LogP contribution in [0.25, 0.3) is 0 Å². The van der Waals surface area contributed by atoms with E-state index >= 15 is 0 Å². The van der Waals surface area contributed by atoms with E-state index in [1.165, 1.54) is 36.6 Å². The predicted octanol–water partition coefficient (Wildman–Crippen LogP) is 13.4. The van der Waals surface area contributed by atoms with E-state index in [1.807, 2.05) is 102 Å². The molecule has 89 heavy (non-hydrogen) atoms. The van der Waals surface area contributed by atoms with Crippen molar-refractivity contribution in [2.75, 3.05) is 53.4 Å². The molecule has 4 saturated heterocycles. The number of aliphatic imine (C=N–C) groups is 2. The molecule has 0 unspecified atom stereocenters. The van der Waals surface area contributed by atoms with E-state index in [0.717, 1.165) is 70.0 Å². The molecule has 0 bridgehead atoms. The Bertz CT molecular complexity index is 3430. The van der Waals surface area contributed by atoms with Crippen LogP contribution in [0.15, 0.2) is 128 Å². The summed E-state index contributed by atoms with van der Waals surface area (Å²) >= 11 is 27.8. The van der Waals surface area contributed by atoms with Crippen LogP contribution >= 0.6 is 69.9 Å². The maximum atomic E-state index is 14.6. The number of likely N-dealkylation sites (N-methyl/N-ethyl adjacent to an activating group) is 2. The Morgan fingerprint density at radius 3 is 1.31 bits per heavy atom. The van der Waals surface area contributed by atoms with Crippen LogP contribution in [-0.2, 0) is 30.3 Å². The average Bonchev–Trinajstić information content (AvgIpc) is 1.58. The standard InChI is InChI=1S/C34H41Cl2N5O2S.C28H29Cl2N3O3S.C6H14N2/c1-20(2)28-29(32(43)40-21(3)7-16-27(40)31(42)39-18-17-38(6)19-22(39)4)44-33-37-34(5,24-10-14-26(36)15-11-24)30(41(28)33)23-8-12-25(35)13-9-23;1-15(2)22-23(25(34)32-16(3)5-14-21(32)26(35)36)37-27-31-28(4,18-8-12-20(30)13-9-18)24(33(22)27)17-6-10-19(29)11-7-17;1-6-5-8(2)4-3-7-6/h8-15,20-22,27,30H,7,16-19H2,1-6H3;6-13,15-16,21,24H,5,14H2,1-4H3,(H,35,36);6-7H,3-5H2,1-2H3/t21-,22-,27+,30-,34+;16-,21+,24-,28+;6-/m111/s1. The number of fused-ring (bicyclic) bond motifs is 2. The van der Waals surface area contributed by atoms with Gasteiger partial charge in [0, 0.05) is 94.9 Å². The largest absolute Gasteiger partial charge is 0.480 e. The minimum absolute atomic E-state index is 0.00250. The molecule has 21 heteroatoms. The number of hydrogen-bond donors (Lipinski definition) is 2. The predicted molar refractivity (Wildman–Crippen MR) is 363 cm³/mol. The molecule has 12 rings (SSSR count). The summed E-state index contributed by atoms with van der Waals surface area (Å²) in [7, 11) is 4.25. The Labute approximate surface area is 554 Å². The molecule has 3 amide bonds. The SMILES string of the molecule is CC(C)C1=C(C(=O)N2[C@H](C)CC[C@H]2C(=O)N2CCN(C)C[C@H]2C)SC2=N[C@@](C)(c3ccc(Cl)cc3)[C@@H](c3ccc(Cl)cc3)N21.CC(C)C1=C(C(=O)N2[C@H](C)CC[C@H]2C(=O)O)SC2=N[C@@](C)(c3ccc(Cl)cc3)[C@@H](c3ccc(Cl)cc3)N21.C[C@@H]1CN(C)CCN1. The van der Waals surface area contributed by atoms with Gasteiger partial charge in [-0.15, -0.1) is 0 Å². The first-order valence-electron chi connectivity index (χ1n) is 31.2. The van der Waals surface area contributed by atoms with Crippen LogP contribution in [0.3, 0.4) is 0 Å². The van der Waals surface area contributed by atoms with Crippen molar-refractivity contribution in [1.29, 1.82) is 0 Å². The molecule has 10 atom stereocenters. The van der Waals surface area contributed by atoms with Gasteiger partial charge in [-0.3, -0.25) is 14.4 Å². The van der Waals surface area contributed by atoms with E-state index < -0.39 is 29.1 Å². The third-order valence-corrected chi connectivity index (χ3v) is 21.9. The zero-order chi connectivity index (χ0) is 64.1. The summed E-state index contributed by atoms with van der Waals surface area (Å²) < 4.78 is 0. The zero-order valence-electron chi connectivity index (χ0n) is 53.0. The number of amides is 3. The Kier molecular flexibility index (Phi) is 20.5. The number of piperazine rings is 2. The molecule has 4 aromatic carbocycles. The van der Waals surface area contributed by atoms with Gasteiger partial charge in [0.15, 0.2) is 10.3 Å². The van der Waals surface area contributed by atoms with Crippen LogP contribution in [0.4, 0.5) is 0 Å². The quantitative estimate of drug-likeness (QED) is 0.156. The number of carboxylic acid groups (broad SMARTS) is 1. The lowest BCUT2D eigenvalue weighted by Crippen LogP contribution is -2.58. The highest BCUT2D eigenvalue weighted by Gasteiger charge is 2.57. The molecule has 0 aromatic heterocycles. The number of nitrogens with zero attached hydrogens (tertiary/aromatic N) is 9. The van der Waals surface area contributed by atoms with Crippen molar-refractivity contribution in [2.45, 2.75) is 154 Å². The maximum Gasteiger partial charge on any atom is 0.326 e. The lowest BCUT2D eigenvalue weighted by molar-refractivity contribution is -0.147. The monoisotopic (exact) mass is 1320 g/mol. The number of benzene rings is 4. The molecule has 8 aliphatic rings. The van der Waals surface area contributed by atoms with Gasteiger partial charge in [0.05, 0.1) is 12.1 Å². The first kappa shape index (κ1) is 66.8. The van der Waals surface area contributed by atoms with Crippen molar-refractivity contribution in [3.05, 3.63) is 161 Å². The summed E-state index contributed by atoms with van der Waals surface area (Å²) in [5.74, 6) is -1.14. The van der Waals surface area contributed by atoms with E-state index in [4.69, 9.17) is 56.4 Å². The highest BCUT2D eigenvalue weighted by molar-refractivity contribution is 8.18. The summed E-state index contributed by atoms with van der Waals surface area (Å²) in [5, 5.41) is 17.3. The van der Waals surface area contributed by atoms with E-state index in [-0.39, 0.29) is 59.8 Å². The number of aliphatic carboxylic acids is 1. The first-order chi connectivity index (χ1) is 42.2. The van der Waals surface area contributed by atoms with Gasteiger partial charge in [-0.1, -0.05) is 123 Å². The van der Waals surface area contributed by atoms with Crippen LogP contribution in [0.1, 0.15) is 129 Å². The highest BCUT2D eigenvalue weighted by Crippen LogP contribution is 2.58. The number of carbonyl (C=O) groups is 4. The number of likely N-dealkylation sites (tertiary alicyclic amines) is 2. The van der Waals surface area contributed by atoms with Crippen LogP contribution < -0.4 is 5.32 Å². The second-order valence-corrected chi connectivity index (χ2v) is 29.8. The van der Waals surface area contributed by atoms with E-state index in [9.17, 15) is 24.3 Å². The molecule has 0 radical (unpaired) electrons. The van der Waals surface area contributed by atoms with Crippen LogP contribution in [0.2, 0.25) is 20.1 Å². The van der Waals surface area contributed by atoms with Gasteiger partial charge < -0.3 is 44.7 Å². The molecular weight excluding hydrogens is 1240 g/mol. The molecule has 4 aromatic rings. The normalized spacial score (nSPS) is 28.7. The van der Waals surface area contributed by atoms with Crippen molar-refractivity contribution in [2.24, 2.45) is 21.8 Å². The first-order valence-corrected chi connectivity index (χ1v) is 34.3. The number of rotatable bonds is 10. The van der Waals surface area contributed by atoms with Gasteiger partial charge in [-0.2, -0.15) is 0 Å². The maximum absolute atomic E-state index is 14.6. The van der Waals surface area contributed by atoms with Crippen LogP contribution in [0.5, 0.6) is 0 Å². The van der Waals surface area contributed by atoms with Gasteiger partial charge in [0.25, 0.3) is 11.8 Å². The number of nitrogens with one attached hydrogen (secondary N) is 1. The molecule has 476 valence electrons. The molecular formula is C68H84Cl4N10O5S2. The van der Waals surface area contributed by atoms with Crippen LogP contribution in [-0.4, -0.2) is 163 Å². The summed E-state index contributed by atoms with van der Waals surface area (Å²) in [6.45, 7) is 26.9. The fourth-order valence-corrected chi connectivity index (χ4v) is 17.5. The van der Waals surface area contributed by atoms with Gasteiger partial charge in [-0.05, 0) is 187 Å². The lowest BCUT2D eigenvalue weighted by atomic mass is 9.81. The van der Waals surface area contributed by atoms with Crippen LogP contribution in [0, 0.1) is 11.8 Å². The molecule has 0 spiro atoms. The van der Waals surface area contributed by atoms with E-state index in [1.54, 1.807) is 4.90 Å². The molecule has 2 N–H and O–H groups in total. The lowest BCUT2D eigenvalue weighted by Gasteiger charge is -2.41. The van der Waals surface area contributed by atoms with Crippen molar-refractivity contribution < 1.29 is 24.3 Å². The summed E-state index contributed by atoms with van der Waals surface area (Å²) in [5.41, 5.74) is 4.67. The van der Waals surface area contributed by atoms with Crippen molar-refractivity contribution in [3.63, 3.8) is 0 Å². The van der Waals surface area contributed by atoms with Crippen molar-refractivity contribution >= 4 is 104 Å². The Morgan fingerprint density at radius 2 is 0.944 bits per heavy atom. The summed E-state index contributed by atoms with van der Waals surface area (Å²) in [6.07, 6.45) is 2.63. The molecule has 8 heterocycles. The second-order valence-electron chi connectivity index (χ2n) is 26.1. The molecule has 8 aliphatic heterocycles. The highest BCUT2D eigenvalue weighted by atomic mass is 35.5. The summed E-state index contributed by atoms with van der Waals surface area (Å²) in [6, 6.07) is 30.2. The summed E-state index contributed by atoms with van der Waals surface area (Å²) in [4.78, 5) is 80.8. The van der Waals surface area contributed by atoms with E-state index in [0.29, 0.717) is 61.7 Å². The van der Waals surface area contributed by atoms with Crippen molar-refractivity contribution in [1.82, 2.24) is 39.6 Å². The van der Waals surface area contributed by atoms with Gasteiger partial charge in [0.2, 0.25) is 5.91 Å². The average molecular weight is 1330 g/mol. The number of carboxylic acids is 1. The molecule has 15 nitrogen and oxygen atoms in total. The third kappa shape index (κ3) is 13.3. The minimum Gasteiger partial charge on any atom is -0.480 e. The number of allylic oxidation sites excluding steroid dienone is 2. The number of halogens is 4. The van der Waals surface area contributed by atoms with E-state index in [2.05, 4.69) is 113 Å².